The number of thiophene rings is 4. The maximum Gasteiger partial charge on any atom is 0.226 e. The van der Waals surface area contributed by atoms with Gasteiger partial charge >= 0.3 is 0 Å². The van der Waals surface area contributed by atoms with Gasteiger partial charge in [-0.2, -0.15) is 0 Å². The first kappa shape index (κ1) is 43.9. The Balaban J connectivity index is 1.12. The summed E-state index contributed by atoms with van der Waals surface area (Å²) in [5.74, 6) is 0. The zero-order valence-electron chi connectivity index (χ0n) is 34.3. The molecule has 4 aromatic heterocycles. The summed E-state index contributed by atoms with van der Waals surface area (Å²) in [4.78, 5) is 38.3. The average Bonchev–Trinajstić information content (AvgIpc) is 4.05. The average molecular weight is 863 g/mol. The Hall–Kier alpha value is -1.68. The van der Waals surface area contributed by atoms with E-state index in [-0.39, 0.29) is 10.2 Å². The van der Waals surface area contributed by atoms with Gasteiger partial charge in [-0.25, -0.2) is 0 Å². The second-order valence-electron chi connectivity index (χ2n) is 15.8. The summed E-state index contributed by atoms with van der Waals surface area (Å²) >= 11 is 10.0. The zero-order chi connectivity index (χ0) is 39.3. The molecule has 2 aliphatic rings. The summed E-state index contributed by atoms with van der Waals surface area (Å²) in [6.07, 6.45) is 29.2. The Labute approximate surface area is 362 Å². The number of hydrogen-bond donors (Lipinski definition) is 0. The molecular formula is C48H62O2S6. The number of hydrogen-bond acceptors (Lipinski definition) is 8. The van der Waals surface area contributed by atoms with Gasteiger partial charge in [0.1, 0.15) is 0 Å². The molecule has 0 aliphatic carbocycles. The van der Waals surface area contributed by atoms with Crippen LogP contribution in [0.2, 0.25) is 0 Å². The van der Waals surface area contributed by atoms with Crippen molar-refractivity contribution in [3.05, 3.63) is 72.7 Å². The molecule has 6 rings (SSSR count). The van der Waals surface area contributed by atoms with E-state index >= 15 is 0 Å². The van der Waals surface area contributed by atoms with Gasteiger partial charge in [0.05, 0.1) is 5.57 Å². The van der Waals surface area contributed by atoms with Crippen molar-refractivity contribution in [2.75, 3.05) is 0 Å². The highest BCUT2D eigenvalue weighted by molar-refractivity contribution is 8.25. The molecule has 2 aliphatic heterocycles. The Morgan fingerprint density at radius 3 is 1.38 bits per heavy atom. The van der Waals surface area contributed by atoms with E-state index in [0.29, 0.717) is 0 Å². The minimum Gasteiger partial charge on any atom is -0.282 e. The number of rotatable bonds is 26. The first-order valence-electron chi connectivity index (χ1n) is 21.7. The molecule has 0 saturated carbocycles. The fourth-order valence-corrected chi connectivity index (χ4v) is 15.1. The standard InChI is InChI=1S/C48H62O2S6/c1-5-7-9-11-13-15-17-19-21-23-25-35-31-33(3)51-44(35)39-29-27-37(52-39)38-28-30-40(53-38)45-36(26-24-22-20-18-16-14-12-10-8-6-2)32-41(54-45)42-46-43(55-48(42)50)34(4)47(49)56-46/h27-32H,5-26H2,1-4H3. The van der Waals surface area contributed by atoms with Crippen LogP contribution in [0, 0.1) is 6.92 Å². The van der Waals surface area contributed by atoms with Crippen molar-refractivity contribution >= 4 is 84.7 Å². The van der Waals surface area contributed by atoms with Gasteiger partial charge in [-0.3, -0.25) is 9.59 Å². The molecule has 0 saturated heterocycles. The molecule has 0 spiro atoms. The van der Waals surface area contributed by atoms with Gasteiger partial charge in [-0.05, 0) is 111 Å². The van der Waals surface area contributed by atoms with Crippen molar-refractivity contribution in [3.8, 4) is 29.3 Å². The lowest BCUT2D eigenvalue weighted by Gasteiger charge is -2.04. The Morgan fingerprint density at radius 1 is 0.429 bits per heavy atom. The lowest BCUT2D eigenvalue weighted by Crippen LogP contribution is -1.92. The fourth-order valence-electron chi connectivity index (χ4n) is 7.91. The summed E-state index contributed by atoms with van der Waals surface area (Å²) in [5, 5.41) is 0.165. The molecule has 0 atom stereocenters. The molecule has 0 aromatic carbocycles. The zero-order valence-corrected chi connectivity index (χ0v) is 39.2. The minimum absolute atomic E-state index is 0.0803. The normalized spacial score (nSPS) is 14.4. The number of aryl methyl sites for hydroxylation is 3. The summed E-state index contributed by atoms with van der Waals surface area (Å²) in [6.45, 7) is 8.70. The highest BCUT2D eigenvalue weighted by atomic mass is 32.2. The van der Waals surface area contributed by atoms with Crippen LogP contribution in [0.1, 0.15) is 170 Å². The number of unbranched alkanes of at least 4 members (excludes halogenated alkanes) is 18. The number of thioether (sulfide) groups is 2. The van der Waals surface area contributed by atoms with Crippen molar-refractivity contribution in [2.24, 2.45) is 0 Å². The molecule has 56 heavy (non-hydrogen) atoms. The van der Waals surface area contributed by atoms with Crippen LogP contribution in [0.3, 0.4) is 0 Å². The van der Waals surface area contributed by atoms with E-state index < -0.39 is 0 Å². The summed E-state index contributed by atoms with van der Waals surface area (Å²) in [5.41, 5.74) is 4.35. The molecule has 0 fully saturated rings. The fraction of sp³-hybridized carbons (Fsp3) is 0.542. The number of fused-ring (bicyclic) bond motifs is 1. The van der Waals surface area contributed by atoms with Gasteiger partial charge < -0.3 is 0 Å². The SMILES string of the molecule is CCCCCCCCCCCCc1cc(C)sc1-c1ccc(-c2ccc(-c3sc(C4=C5SC(=O)C(C)=C5SC4=O)cc3CCCCCCCCCCCC)s2)s1. The van der Waals surface area contributed by atoms with Crippen LogP contribution in [0.25, 0.3) is 34.8 Å². The van der Waals surface area contributed by atoms with E-state index in [1.165, 1.54) is 204 Å². The predicted octanol–water partition coefficient (Wildman–Crippen LogP) is 17.7. The topological polar surface area (TPSA) is 34.1 Å². The molecule has 6 heterocycles. The van der Waals surface area contributed by atoms with Crippen molar-refractivity contribution in [1.82, 2.24) is 0 Å². The van der Waals surface area contributed by atoms with Gasteiger partial charge in [0, 0.05) is 54.4 Å². The van der Waals surface area contributed by atoms with E-state index in [0.717, 1.165) is 32.3 Å². The van der Waals surface area contributed by atoms with Gasteiger partial charge in [0.2, 0.25) is 10.2 Å². The Morgan fingerprint density at radius 2 is 0.857 bits per heavy atom. The molecule has 302 valence electrons. The molecule has 0 amide bonds. The van der Waals surface area contributed by atoms with Crippen molar-refractivity contribution in [2.45, 2.75) is 169 Å². The van der Waals surface area contributed by atoms with Crippen molar-refractivity contribution in [3.63, 3.8) is 0 Å². The largest absolute Gasteiger partial charge is 0.282 e. The van der Waals surface area contributed by atoms with Crippen LogP contribution in [0.4, 0.5) is 0 Å². The molecular weight excluding hydrogens is 801 g/mol. The monoisotopic (exact) mass is 862 g/mol. The molecule has 0 bridgehead atoms. The van der Waals surface area contributed by atoms with Gasteiger partial charge in [0.25, 0.3) is 0 Å². The third-order valence-electron chi connectivity index (χ3n) is 11.2. The van der Waals surface area contributed by atoms with Crippen LogP contribution in [-0.4, -0.2) is 10.2 Å². The van der Waals surface area contributed by atoms with E-state index in [1.54, 1.807) is 11.3 Å². The van der Waals surface area contributed by atoms with Crippen LogP contribution in [0.15, 0.2) is 51.8 Å². The molecule has 2 nitrogen and oxygen atoms in total. The third kappa shape index (κ3) is 11.7. The van der Waals surface area contributed by atoms with Crippen LogP contribution in [0.5, 0.6) is 0 Å². The second-order valence-corrected chi connectivity index (χ2v) is 22.2. The summed E-state index contributed by atoms with van der Waals surface area (Å²) in [7, 11) is 0. The van der Waals surface area contributed by atoms with E-state index in [2.05, 4.69) is 57.2 Å². The quantitative estimate of drug-likeness (QED) is 0.0589. The lowest BCUT2D eigenvalue weighted by molar-refractivity contribution is -0.107. The minimum atomic E-state index is 0.0803. The Bertz CT molecular complexity index is 1960. The highest BCUT2D eigenvalue weighted by Crippen LogP contribution is 2.56. The maximum absolute atomic E-state index is 13.4. The van der Waals surface area contributed by atoms with Gasteiger partial charge in [-0.15, -0.1) is 45.3 Å². The van der Waals surface area contributed by atoms with E-state index in [1.807, 2.05) is 40.9 Å². The molecule has 0 unspecified atom stereocenters. The van der Waals surface area contributed by atoms with E-state index in [4.69, 9.17) is 0 Å². The molecule has 4 aromatic rings. The maximum atomic E-state index is 13.4. The predicted molar refractivity (Wildman–Crippen MR) is 255 cm³/mol. The van der Waals surface area contributed by atoms with Gasteiger partial charge in [-0.1, -0.05) is 129 Å². The van der Waals surface area contributed by atoms with Crippen molar-refractivity contribution in [1.29, 1.82) is 0 Å². The third-order valence-corrected chi connectivity index (χ3v) is 18.5. The second kappa shape index (κ2) is 22.6. The van der Waals surface area contributed by atoms with Crippen LogP contribution < -0.4 is 0 Å². The highest BCUT2D eigenvalue weighted by Gasteiger charge is 2.39. The smallest absolute Gasteiger partial charge is 0.226 e. The number of carbonyl (C=O) groups excluding carboxylic acids is 2. The molecule has 0 N–H and O–H groups in total. The first-order valence-corrected chi connectivity index (χ1v) is 26.6. The number of carbonyl (C=O) groups is 2. The summed E-state index contributed by atoms with van der Waals surface area (Å²) in [6, 6.07) is 14.0. The van der Waals surface area contributed by atoms with Gasteiger partial charge in [0.15, 0.2) is 0 Å². The first-order chi connectivity index (χ1) is 27.4. The van der Waals surface area contributed by atoms with Crippen LogP contribution >= 0.6 is 68.9 Å². The molecule has 8 heteroatoms. The summed E-state index contributed by atoms with van der Waals surface area (Å²) < 4.78 is 0. The van der Waals surface area contributed by atoms with Crippen molar-refractivity contribution < 1.29 is 9.59 Å². The Kier molecular flexibility index (Phi) is 17.7. The van der Waals surface area contributed by atoms with Crippen LogP contribution in [-0.2, 0) is 22.4 Å². The van der Waals surface area contributed by atoms with E-state index in [9.17, 15) is 9.59 Å². The molecule has 0 radical (unpaired) electrons. The lowest BCUT2D eigenvalue weighted by atomic mass is 10.0.